The fourth-order valence-corrected chi connectivity index (χ4v) is 0. The van der Waals surface area contributed by atoms with Gasteiger partial charge in [0.05, 0.1) is 0 Å². The largest absolute Gasteiger partial charge is 0 e. The number of hydrogen-bond acceptors (Lipinski definition) is 0. The average molecular weight is 772 g/mol. The van der Waals surface area contributed by atoms with E-state index in [1.165, 1.54) is 0 Å². The van der Waals surface area contributed by atoms with E-state index in [2.05, 4.69) is 0 Å². The van der Waals surface area contributed by atoms with Crippen molar-refractivity contribution >= 4 is 81.9 Å². The molecule has 0 spiro atoms. The van der Waals surface area contributed by atoms with Gasteiger partial charge in [0.15, 0.2) is 0 Å². The predicted molar refractivity (Wildman–Crippen MR) is 17.3 cm³/mol. The molecule has 0 aromatic heterocycles. The quantitative estimate of drug-likeness (QED) is 0.274. The molecule has 0 bridgehead atoms. The standard InChI is InChI=1S/Tb.3Tl. The summed E-state index contributed by atoms with van der Waals surface area (Å²) in [5.74, 6) is 0. The van der Waals surface area contributed by atoms with Crippen molar-refractivity contribution in [3.63, 3.8) is 0 Å². The van der Waals surface area contributed by atoms with Crippen molar-refractivity contribution in [1.29, 1.82) is 0 Å². The minimum atomic E-state index is 0. The van der Waals surface area contributed by atoms with Gasteiger partial charge >= 0.3 is 0 Å². The van der Waals surface area contributed by atoms with Gasteiger partial charge in [0.25, 0.3) is 0 Å². The Balaban J connectivity index is 0. The molecule has 0 heterocycles. The maximum absolute atomic E-state index is 0. The fraction of sp³-hybridized carbons (Fsp3) is 0. The first-order valence-electron chi connectivity index (χ1n) is 0. The molecule has 0 fully saturated rings. The van der Waals surface area contributed by atoms with E-state index >= 15 is 0 Å². The van der Waals surface area contributed by atoms with Crippen molar-refractivity contribution in [2.45, 2.75) is 0 Å². The Kier molecular flexibility index (Phi) is 95.9. The second-order valence-electron chi connectivity index (χ2n) is 0. The first-order chi connectivity index (χ1) is 0. The molecule has 0 aliphatic heterocycles. The third-order valence-electron chi connectivity index (χ3n) is 0. The third kappa shape index (κ3) is 9.41. The first-order valence-corrected chi connectivity index (χ1v) is 0. The summed E-state index contributed by atoms with van der Waals surface area (Å²) in [6.45, 7) is 0. The summed E-state index contributed by atoms with van der Waals surface area (Å²) in [5.41, 5.74) is 0. The van der Waals surface area contributed by atoms with Gasteiger partial charge in [-0.2, -0.15) is 0 Å². The van der Waals surface area contributed by atoms with Crippen molar-refractivity contribution in [2.75, 3.05) is 0 Å². The molecular weight excluding hydrogens is 772 g/mol. The Morgan fingerprint density at radius 2 is 0.500 bits per heavy atom. The van der Waals surface area contributed by atoms with E-state index in [0.29, 0.717) is 0 Å². The van der Waals surface area contributed by atoms with Gasteiger partial charge in [-0.25, -0.2) is 0 Å². The van der Waals surface area contributed by atoms with Gasteiger partial charge in [-0.15, -0.1) is 0 Å². The predicted octanol–water partition coefficient (Wildman–Crippen LogP) is -1.14. The second kappa shape index (κ2) is 15.7. The molecule has 0 aliphatic carbocycles. The Morgan fingerprint density at radius 1 is 0.500 bits per heavy atom. The summed E-state index contributed by atoms with van der Waals surface area (Å²) in [5, 5.41) is 0. The maximum Gasteiger partial charge on any atom is 0 e. The van der Waals surface area contributed by atoms with Crippen molar-refractivity contribution in [3.8, 4) is 0 Å². The normalized spacial score (nSPS) is 0. The average Bonchev–Trinajstić information content (AvgIpc) is 0. The Bertz CT molecular complexity index is 3.25. The smallest absolute Gasteiger partial charge is 0 e. The molecule has 18 valence electrons. The Labute approximate surface area is 117 Å². The molecule has 0 aromatic rings. The third-order valence-corrected chi connectivity index (χ3v) is 0. The van der Waals surface area contributed by atoms with Crippen molar-refractivity contribution in [1.82, 2.24) is 0 Å². The van der Waals surface area contributed by atoms with Crippen LogP contribution in [0.4, 0.5) is 0 Å². The van der Waals surface area contributed by atoms with Gasteiger partial charge in [0.1, 0.15) is 0 Å². The van der Waals surface area contributed by atoms with Crippen LogP contribution in [-0.2, 0) is 0 Å². The molecule has 0 saturated carbocycles. The van der Waals surface area contributed by atoms with E-state index in [0.717, 1.165) is 0 Å². The van der Waals surface area contributed by atoms with Crippen molar-refractivity contribution < 1.29 is 38.6 Å². The number of rotatable bonds is 0. The number of hydrogen-bond donors (Lipinski definition) is 0. The van der Waals surface area contributed by atoms with Crippen LogP contribution >= 0.6 is 0 Å². The summed E-state index contributed by atoms with van der Waals surface area (Å²) in [6, 6.07) is 0. The second-order valence-corrected chi connectivity index (χ2v) is 0. The van der Waals surface area contributed by atoms with Crippen LogP contribution < -0.4 is 0 Å². The molecule has 0 unspecified atom stereocenters. The minimum absolute atomic E-state index is 0. The van der Waals surface area contributed by atoms with Crippen LogP contribution in [0.3, 0.4) is 0 Å². The van der Waals surface area contributed by atoms with E-state index in [1.54, 1.807) is 0 Å². The van der Waals surface area contributed by atoms with Gasteiger partial charge in [-0.1, -0.05) is 0 Å². The SMILES string of the molecule is [Tb].[Tl].[Tl].[Tl]. The van der Waals surface area contributed by atoms with E-state index < -0.39 is 0 Å². The monoisotopic (exact) mass is 774 g/mol. The van der Waals surface area contributed by atoms with Crippen LogP contribution in [-0.4, -0.2) is 81.9 Å². The van der Waals surface area contributed by atoms with Crippen LogP contribution in [0, 0.1) is 38.6 Å². The van der Waals surface area contributed by atoms with Gasteiger partial charge in [0, 0.05) is 121 Å². The molecule has 0 aliphatic rings. The van der Waals surface area contributed by atoms with E-state index in [1.807, 2.05) is 0 Å². The van der Waals surface area contributed by atoms with Crippen molar-refractivity contribution in [2.24, 2.45) is 0 Å². The topological polar surface area (TPSA) is 0 Å². The minimum Gasteiger partial charge on any atom is 0 e. The van der Waals surface area contributed by atoms with Gasteiger partial charge < -0.3 is 0 Å². The molecule has 4 heavy (non-hydrogen) atoms. The molecule has 0 N–H and O–H groups in total. The van der Waals surface area contributed by atoms with Crippen molar-refractivity contribution in [3.05, 3.63) is 0 Å². The molecule has 0 aromatic carbocycles. The van der Waals surface area contributed by atoms with Gasteiger partial charge in [0.2, 0.25) is 0 Å². The zero-order valence-electron chi connectivity index (χ0n) is 2.07. The van der Waals surface area contributed by atoms with Crippen LogP contribution in [0.5, 0.6) is 0 Å². The molecule has 0 amide bonds. The summed E-state index contributed by atoms with van der Waals surface area (Å²) in [7, 11) is 0. The van der Waals surface area contributed by atoms with Crippen LogP contribution in [0.1, 0.15) is 0 Å². The van der Waals surface area contributed by atoms with Gasteiger partial charge in [-0.05, 0) is 0 Å². The van der Waals surface area contributed by atoms with Crippen LogP contribution in [0.25, 0.3) is 0 Å². The molecule has 4 heteroatoms. The van der Waals surface area contributed by atoms with Gasteiger partial charge in [-0.3, -0.25) is 0 Å². The molecule has 0 nitrogen and oxygen atoms in total. The first kappa shape index (κ1) is 24.4. The molecule has 4 radical (unpaired) electrons. The fourth-order valence-electron chi connectivity index (χ4n) is 0. The van der Waals surface area contributed by atoms with Crippen LogP contribution in [0.15, 0.2) is 0 Å². The van der Waals surface area contributed by atoms with E-state index in [4.69, 9.17) is 0 Å². The Hall–Kier alpha value is 4.05. The molecule has 0 atom stereocenters. The molecule has 0 saturated heterocycles. The van der Waals surface area contributed by atoms with Crippen LogP contribution in [0.2, 0.25) is 0 Å². The zero-order valence-corrected chi connectivity index (χ0v) is 17.7. The summed E-state index contributed by atoms with van der Waals surface area (Å²) >= 11 is 0. The zero-order chi connectivity index (χ0) is 0. The van der Waals surface area contributed by atoms with E-state index in [-0.39, 0.29) is 121 Å². The summed E-state index contributed by atoms with van der Waals surface area (Å²) in [6.07, 6.45) is 0. The molecule has 0 rings (SSSR count). The molecular formula is TbTl3. The Morgan fingerprint density at radius 3 is 0.500 bits per heavy atom. The van der Waals surface area contributed by atoms with E-state index in [9.17, 15) is 0 Å². The summed E-state index contributed by atoms with van der Waals surface area (Å²) in [4.78, 5) is 0. The maximum atomic E-state index is 0. The summed E-state index contributed by atoms with van der Waals surface area (Å²) < 4.78 is 0.